The van der Waals surface area contributed by atoms with Gasteiger partial charge >= 0.3 is 0 Å². The summed E-state index contributed by atoms with van der Waals surface area (Å²) in [6.45, 7) is 1.83. The molecule has 4 rings (SSSR count). The van der Waals surface area contributed by atoms with Crippen LogP contribution in [0.1, 0.15) is 12.8 Å². The normalized spacial score (nSPS) is 15.2. The van der Waals surface area contributed by atoms with Gasteiger partial charge in [0.15, 0.2) is 11.5 Å². The van der Waals surface area contributed by atoms with E-state index in [4.69, 9.17) is 9.47 Å². The Morgan fingerprint density at radius 2 is 1.77 bits per heavy atom. The summed E-state index contributed by atoms with van der Waals surface area (Å²) in [5.41, 5.74) is 1.66. The number of tetrazole rings is 1. The Kier molecular flexibility index (Phi) is 4.42. The number of nitrogens with zero attached hydrogens (tertiary/aromatic N) is 6. The minimum atomic E-state index is 0.389. The number of benzene rings is 1. The number of ether oxygens (including phenoxy) is 2. The van der Waals surface area contributed by atoms with Crippen molar-refractivity contribution in [1.82, 2.24) is 25.3 Å². The van der Waals surface area contributed by atoms with E-state index in [1.807, 2.05) is 30.3 Å². The summed E-state index contributed by atoms with van der Waals surface area (Å²) >= 11 is 0. The van der Waals surface area contributed by atoms with Gasteiger partial charge < -0.3 is 19.7 Å². The lowest BCUT2D eigenvalue weighted by Gasteiger charge is -2.33. The van der Waals surface area contributed by atoms with Crippen molar-refractivity contribution in [1.29, 1.82) is 0 Å². The molecule has 0 aliphatic carbocycles. The predicted octanol–water partition coefficient (Wildman–Crippen LogP) is 1.62. The third-order valence-electron chi connectivity index (χ3n) is 4.60. The van der Waals surface area contributed by atoms with Crippen molar-refractivity contribution in [2.45, 2.75) is 18.9 Å². The quantitative estimate of drug-likeness (QED) is 0.738. The standard InChI is InChI=1S/C17H21N7O2/c1-25-14-9-13(10-15(11-14)26-2)18-12-5-7-23(8-6-12)17-4-3-16-19-21-22-24(16)20-17/h3-4,9-12,18H,5-8H2,1-2H3. The number of nitrogens with one attached hydrogen (secondary N) is 1. The van der Waals surface area contributed by atoms with E-state index in [0.717, 1.165) is 48.9 Å². The lowest BCUT2D eigenvalue weighted by atomic mass is 10.0. The second kappa shape index (κ2) is 7.03. The van der Waals surface area contributed by atoms with E-state index in [9.17, 15) is 0 Å². The highest BCUT2D eigenvalue weighted by molar-refractivity contribution is 5.54. The van der Waals surface area contributed by atoms with Crippen LogP contribution in [0.5, 0.6) is 11.5 Å². The molecule has 9 heteroatoms. The van der Waals surface area contributed by atoms with Crippen LogP contribution in [0.2, 0.25) is 0 Å². The zero-order valence-corrected chi connectivity index (χ0v) is 14.8. The molecule has 136 valence electrons. The summed E-state index contributed by atoms with van der Waals surface area (Å²) in [7, 11) is 3.32. The van der Waals surface area contributed by atoms with E-state index in [2.05, 4.69) is 30.8 Å². The monoisotopic (exact) mass is 355 g/mol. The molecule has 26 heavy (non-hydrogen) atoms. The number of rotatable bonds is 5. The second-order valence-electron chi connectivity index (χ2n) is 6.23. The van der Waals surface area contributed by atoms with Gasteiger partial charge in [0.05, 0.1) is 14.2 Å². The Morgan fingerprint density at radius 1 is 1.04 bits per heavy atom. The molecule has 1 aromatic carbocycles. The minimum absolute atomic E-state index is 0.389. The minimum Gasteiger partial charge on any atom is -0.497 e. The van der Waals surface area contributed by atoms with Crippen LogP contribution in [-0.2, 0) is 0 Å². The van der Waals surface area contributed by atoms with Crippen molar-refractivity contribution < 1.29 is 9.47 Å². The Hall–Kier alpha value is -3.10. The number of hydrogen-bond donors (Lipinski definition) is 1. The van der Waals surface area contributed by atoms with Gasteiger partial charge in [-0.25, -0.2) is 0 Å². The zero-order chi connectivity index (χ0) is 17.9. The highest BCUT2D eigenvalue weighted by Crippen LogP contribution is 2.28. The number of aromatic nitrogens is 5. The third-order valence-corrected chi connectivity index (χ3v) is 4.60. The number of piperidine rings is 1. The first-order valence-corrected chi connectivity index (χ1v) is 8.55. The van der Waals surface area contributed by atoms with E-state index < -0.39 is 0 Å². The van der Waals surface area contributed by atoms with Gasteiger partial charge in [-0.05, 0) is 35.4 Å². The molecule has 3 aromatic rings. The molecular weight excluding hydrogens is 334 g/mol. The van der Waals surface area contributed by atoms with Gasteiger partial charge in [-0.3, -0.25) is 0 Å². The van der Waals surface area contributed by atoms with Gasteiger partial charge in [0.25, 0.3) is 0 Å². The molecule has 0 unspecified atom stereocenters. The highest BCUT2D eigenvalue weighted by atomic mass is 16.5. The molecule has 1 aliphatic heterocycles. The molecule has 0 bridgehead atoms. The van der Waals surface area contributed by atoms with E-state index in [1.54, 1.807) is 14.2 Å². The number of hydrogen-bond acceptors (Lipinski definition) is 8. The first kappa shape index (κ1) is 16.4. The summed E-state index contributed by atoms with van der Waals surface area (Å²) in [5, 5.41) is 19.4. The largest absolute Gasteiger partial charge is 0.497 e. The molecule has 0 atom stereocenters. The van der Waals surface area contributed by atoms with Crippen LogP contribution in [0.15, 0.2) is 30.3 Å². The van der Waals surface area contributed by atoms with Gasteiger partial charge in [0.2, 0.25) is 0 Å². The SMILES string of the molecule is COc1cc(NC2CCN(c3ccc4nnnn4n3)CC2)cc(OC)c1. The zero-order valence-electron chi connectivity index (χ0n) is 14.8. The van der Waals surface area contributed by atoms with Gasteiger partial charge in [-0.2, -0.15) is 0 Å². The molecule has 2 aromatic heterocycles. The summed E-state index contributed by atoms with van der Waals surface area (Å²) in [4.78, 5) is 2.26. The average Bonchev–Trinajstić information content (AvgIpc) is 3.16. The highest BCUT2D eigenvalue weighted by Gasteiger charge is 2.21. The van der Waals surface area contributed by atoms with Gasteiger partial charge in [-0.15, -0.1) is 14.8 Å². The Morgan fingerprint density at radius 3 is 2.46 bits per heavy atom. The van der Waals surface area contributed by atoms with Crippen LogP contribution in [0.3, 0.4) is 0 Å². The maximum atomic E-state index is 5.33. The van der Waals surface area contributed by atoms with Crippen molar-refractivity contribution >= 4 is 17.2 Å². The predicted molar refractivity (Wildman–Crippen MR) is 97.0 cm³/mol. The molecule has 1 fully saturated rings. The van der Waals surface area contributed by atoms with Crippen LogP contribution in [0.25, 0.3) is 5.65 Å². The smallest absolute Gasteiger partial charge is 0.200 e. The first-order valence-electron chi connectivity index (χ1n) is 8.55. The van der Waals surface area contributed by atoms with E-state index in [1.165, 1.54) is 4.63 Å². The molecule has 3 heterocycles. The second-order valence-corrected chi connectivity index (χ2v) is 6.23. The van der Waals surface area contributed by atoms with Crippen molar-refractivity contribution in [2.75, 3.05) is 37.5 Å². The van der Waals surface area contributed by atoms with Crippen molar-refractivity contribution in [2.24, 2.45) is 0 Å². The van der Waals surface area contributed by atoms with Crippen molar-refractivity contribution in [3.8, 4) is 11.5 Å². The van der Waals surface area contributed by atoms with Crippen LogP contribution in [0.4, 0.5) is 11.5 Å². The maximum absolute atomic E-state index is 5.33. The Balaban J connectivity index is 1.40. The van der Waals surface area contributed by atoms with Gasteiger partial charge in [0.1, 0.15) is 11.5 Å². The lowest BCUT2D eigenvalue weighted by Crippen LogP contribution is -2.39. The fraction of sp³-hybridized carbons (Fsp3) is 0.412. The maximum Gasteiger partial charge on any atom is 0.200 e. The molecule has 1 aliphatic rings. The average molecular weight is 355 g/mol. The number of anilines is 2. The summed E-state index contributed by atoms with van der Waals surface area (Å²) < 4.78 is 12.1. The molecule has 0 spiro atoms. The molecule has 0 saturated carbocycles. The van der Waals surface area contributed by atoms with Crippen LogP contribution in [-0.4, -0.2) is 58.6 Å². The number of fused-ring (bicyclic) bond motifs is 1. The first-order chi connectivity index (χ1) is 12.7. The fourth-order valence-electron chi connectivity index (χ4n) is 3.19. The van der Waals surface area contributed by atoms with Crippen LogP contribution in [0, 0.1) is 0 Å². The van der Waals surface area contributed by atoms with Crippen molar-refractivity contribution in [3.05, 3.63) is 30.3 Å². The fourth-order valence-corrected chi connectivity index (χ4v) is 3.19. The summed E-state index contributed by atoms with van der Waals surface area (Å²) in [5.74, 6) is 2.46. The van der Waals surface area contributed by atoms with E-state index in [0.29, 0.717) is 11.7 Å². The molecule has 1 saturated heterocycles. The Bertz CT molecular complexity index is 867. The van der Waals surface area contributed by atoms with Crippen molar-refractivity contribution in [3.63, 3.8) is 0 Å². The molecule has 0 radical (unpaired) electrons. The van der Waals surface area contributed by atoms with E-state index >= 15 is 0 Å². The molecule has 1 N–H and O–H groups in total. The third kappa shape index (κ3) is 3.32. The molecule has 0 amide bonds. The van der Waals surface area contributed by atoms with Gasteiger partial charge in [-0.1, -0.05) is 0 Å². The van der Waals surface area contributed by atoms with Gasteiger partial charge in [0, 0.05) is 43.0 Å². The summed E-state index contributed by atoms with van der Waals surface area (Å²) in [6, 6.07) is 10.1. The van der Waals surface area contributed by atoms with Crippen LogP contribution < -0.4 is 19.7 Å². The van der Waals surface area contributed by atoms with E-state index in [-0.39, 0.29) is 0 Å². The topological polar surface area (TPSA) is 89.7 Å². The lowest BCUT2D eigenvalue weighted by molar-refractivity contribution is 0.394. The Labute approximate surface area is 150 Å². The molecule has 9 nitrogen and oxygen atoms in total. The molecular formula is C17H21N7O2. The number of methoxy groups -OCH3 is 2. The van der Waals surface area contributed by atoms with Crippen LogP contribution >= 0.6 is 0 Å². The summed E-state index contributed by atoms with van der Waals surface area (Å²) in [6.07, 6.45) is 2.02.